The van der Waals surface area contributed by atoms with Crippen molar-refractivity contribution >= 4 is 16.8 Å². The van der Waals surface area contributed by atoms with Gasteiger partial charge in [0.2, 0.25) is 5.91 Å². The predicted molar refractivity (Wildman–Crippen MR) is 113 cm³/mol. The van der Waals surface area contributed by atoms with Gasteiger partial charge in [-0.05, 0) is 30.5 Å². The molecule has 1 amide bonds. The fourth-order valence-corrected chi connectivity index (χ4v) is 3.63. The van der Waals surface area contributed by atoms with E-state index in [-0.39, 0.29) is 11.8 Å². The largest absolute Gasteiger partial charge is 0.361 e. The highest BCUT2D eigenvalue weighted by atomic mass is 16.1. The van der Waals surface area contributed by atoms with Crippen LogP contribution in [0.15, 0.2) is 54.7 Å². The van der Waals surface area contributed by atoms with E-state index < -0.39 is 0 Å². The summed E-state index contributed by atoms with van der Waals surface area (Å²) < 4.78 is 0. The molecule has 0 bridgehead atoms. The summed E-state index contributed by atoms with van der Waals surface area (Å²) in [4.78, 5) is 16.0. The zero-order valence-corrected chi connectivity index (χ0v) is 16.4. The monoisotopic (exact) mass is 362 g/mol. The SMILES string of the molecule is CCCCCCNC(=O)CC(c1ccc(C)cc1)c1c[nH]c2ccccc12. The molecule has 0 aliphatic carbocycles. The Hall–Kier alpha value is -2.55. The molecule has 3 rings (SSSR count). The average molecular weight is 363 g/mol. The highest BCUT2D eigenvalue weighted by Crippen LogP contribution is 2.33. The minimum Gasteiger partial charge on any atom is -0.361 e. The first-order valence-corrected chi connectivity index (χ1v) is 10.1. The van der Waals surface area contributed by atoms with Crippen LogP contribution in [0.2, 0.25) is 0 Å². The Balaban J connectivity index is 1.78. The molecular formula is C24H30N2O. The van der Waals surface area contributed by atoms with Crippen molar-refractivity contribution in [1.82, 2.24) is 10.3 Å². The van der Waals surface area contributed by atoms with Crippen molar-refractivity contribution in [3.63, 3.8) is 0 Å². The number of H-pyrrole nitrogens is 1. The van der Waals surface area contributed by atoms with E-state index in [0.717, 1.165) is 18.5 Å². The van der Waals surface area contributed by atoms with E-state index in [0.29, 0.717) is 6.42 Å². The quantitative estimate of drug-likeness (QED) is 0.472. The Morgan fingerprint density at radius 2 is 1.81 bits per heavy atom. The van der Waals surface area contributed by atoms with Gasteiger partial charge in [0, 0.05) is 36.0 Å². The molecule has 1 heterocycles. The van der Waals surface area contributed by atoms with Crippen molar-refractivity contribution in [3.05, 3.63) is 71.4 Å². The maximum absolute atomic E-state index is 12.6. The third-order valence-electron chi connectivity index (χ3n) is 5.22. The fraction of sp³-hybridized carbons (Fsp3) is 0.375. The molecule has 1 unspecified atom stereocenters. The average Bonchev–Trinajstić information content (AvgIpc) is 3.11. The summed E-state index contributed by atoms with van der Waals surface area (Å²) in [6, 6.07) is 16.8. The summed E-state index contributed by atoms with van der Waals surface area (Å²) >= 11 is 0. The van der Waals surface area contributed by atoms with Gasteiger partial charge in [-0.2, -0.15) is 0 Å². The molecule has 2 aromatic carbocycles. The number of hydrogen-bond donors (Lipinski definition) is 2. The molecule has 0 saturated carbocycles. The summed E-state index contributed by atoms with van der Waals surface area (Å²) in [6.07, 6.45) is 7.21. The van der Waals surface area contributed by atoms with E-state index >= 15 is 0 Å². The Kier molecular flexibility index (Phi) is 6.69. The summed E-state index contributed by atoms with van der Waals surface area (Å²) in [7, 11) is 0. The van der Waals surface area contributed by atoms with Crippen LogP contribution >= 0.6 is 0 Å². The first-order valence-electron chi connectivity index (χ1n) is 10.1. The molecule has 142 valence electrons. The molecule has 1 atom stereocenters. The molecule has 0 fully saturated rings. The van der Waals surface area contributed by atoms with Gasteiger partial charge in [0.15, 0.2) is 0 Å². The van der Waals surface area contributed by atoms with Crippen LogP contribution in [0.1, 0.15) is 61.6 Å². The molecule has 3 nitrogen and oxygen atoms in total. The van der Waals surface area contributed by atoms with E-state index in [1.165, 1.54) is 41.3 Å². The van der Waals surface area contributed by atoms with Gasteiger partial charge >= 0.3 is 0 Å². The van der Waals surface area contributed by atoms with Crippen LogP contribution in [-0.4, -0.2) is 17.4 Å². The normalized spacial score (nSPS) is 12.2. The number of para-hydroxylation sites is 1. The molecule has 27 heavy (non-hydrogen) atoms. The van der Waals surface area contributed by atoms with Gasteiger partial charge in [-0.3, -0.25) is 4.79 Å². The third kappa shape index (κ3) is 5.00. The number of rotatable bonds is 9. The van der Waals surface area contributed by atoms with Crippen LogP contribution in [0, 0.1) is 6.92 Å². The minimum absolute atomic E-state index is 0.0531. The van der Waals surface area contributed by atoms with Gasteiger partial charge in [-0.1, -0.05) is 74.2 Å². The first-order chi connectivity index (χ1) is 13.2. The Bertz CT molecular complexity index is 863. The topological polar surface area (TPSA) is 44.9 Å². The zero-order valence-electron chi connectivity index (χ0n) is 16.4. The van der Waals surface area contributed by atoms with Crippen molar-refractivity contribution in [1.29, 1.82) is 0 Å². The second-order valence-corrected chi connectivity index (χ2v) is 7.37. The van der Waals surface area contributed by atoms with Gasteiger partial charge < -0.3 is 10.3 Å². The number of nitrogens with one attached hydrogen (secondary N) is 2. The van der Waals surface area contributed by atoms with E-state index in [1.54, 1.807) is 0 Å². The Morgan fingerprint density at radius 1 is 1.04 bits per heavy atom. The summed E-state index contributed by atoms with van der Waals surface area (Å²) in [5, 5.41) is 4.31. The lowest BCUT2D eigenvalue weighted by molar-refractivity contribution is -0.121. The number of amides is 1. The first kappa shape index (κ1) is 19.2. The second-order valence-electron chi connectivity index (χ2n) is 7.37. The van der Waals surface area contributed by atoms with Crippen LogP contribution in [0.3, 0.4) is 0 Å². The molecule has 0 spiro atoms. The van der Waals surface area contributed by atoms with Crippen LogP contribution in [0.25, 0.3) is 10.9 Å². The predicted octanol–water partition coefficient (Wildman–Crippen LogP) is 5.69. The highest BCUT2D eigenvalue weighted by molar-refractivity contribution is 5.86. The molecule has 3 heteroatoms. The number of aromatic amines is 1. The van der Waals surface area contributed by atoms with Gasteiger partial charge in [0.05, 0.1) is 0 Å². The maximum atomic E-state index is 12.6. The molecule has 0 aliphatic heterocycles. The minimum atomic E-state index is 0.0531. The van der Waals surface area contributed by atoms with Gasteiger partial charge in [-0.25, -0.2) is 0 Å². The zero-order chi connectivity index (χ0) is 19.1. The Morgan fingerprint density at radius 3 is 2.59 bits per heavy atom. The van der Waals surface area contributed by atoms with Crippen molar-refractivity contribution in [2.24, 2.45) is 0 Å². The second kappa shape index (κ2) is 9.40. The molecule has 2 N–H and O–H groups in total. The van der Waals surface area contributed by atoms with Gasteiger partial charge in [-0.15, -0.1) is 0 Å². The van der Waals surface area contributed by atoms with Crippen LogP contribution in [-0.2, 0) is 4.79 Å². The van der Waals surface area contributed by atoms with Crippen molar-refractivity contribution in [2.45, 2.75) is 51.9 Å². The lowest BCUT2D eigenvalue weighted by atomic mass is 9.87. The molecule has 0 aliphatic rings. The van der Waals surface area contributed by atoms with Crippen LogP contribution < -0.4 is 5.32 Å². The number of aryl methyl sites for hydroxylation is 1. The fourth-order valence-electron chi connectivity index (χ4n) is 3.63. The van der Waals surface area contributed by atoms with E-state index in [1.807, 2.05) is 6.07 Å². The number of hydrogen-bond acceptors (Lipinski definition) is 1. The van der Waals surface area contributed by atoms with Crippen molar-refractivity contribution < 1.29 is 4.79 Å². The number of carbonyl (C=O) groups is 1. The van der Waals surface area contributed by atoms with Crippen LogP contribution in [0.4, 0.5) is 0 Å². The van der Waals surface area contributed by atoms with Crippen molar-refractivity contribution in [3.8, 4) is 0 Å². The lowest BCUT2D eigenvalue weighted by Gasteiger charge is -2.17. The number of benzene rings is 2. The van der Waals surface area contributed by atoms with E-state index in [2.05, 4.69) is 72.8 Å². The summed E-state index contributed by atoms with van der Waals surface area (Å²) in [6.45, 7) is 5.06. The lowest BCUT2D eigenvalue weighted by Crippen LogP contribution is -2.26. The number of carbonyl (C=O) groups excluding carboxylic acids is 1. The molecular weight excluding hydrogens is 332 g/mol. The van der Waals surface area contributed by atoms with Crippen molar-refractivity contribution in [2.75, 3.05) is 6.54 Å². The number of fused-ring (bicyclic) bond motifs is 1. The van der Waals surface area contributed by atoms with Gasteiger partial charge in [0.1, 0.15) is 0 Å². The number of aromatic nitrogens is 1. The van der Waals surface area contributed by atoms with E-state index in [4.69, 9.17) is 0 Å². The molecule has 0 radical (unpaired) electrons. The maximum Gasteiger partial charge on any atom is 0.220 e. The number of unbranched alkanes of at least 4 members (excludes halogenated alkanes) is 3. The van der Waals surface area contributed by atoms with Gasteiger partial charge in [0.25, 0.3) is 0 Å². The highest BCUT2D eigenvalue weighted by Gasteiger charge is 2.21. The van der Waals surface area contributed by atoms with E-state index in [9.17, 15) is 4.79 Å². The molecule has 3 aromatic rings. The summed E-state index contributed by atoms with van der Waals surface area (Å²) in [5.41, 5.74) is 4.73. The third-order valence-corrected chi connectivity index (χ3v) is 5.22. The smallest absolute Gasteiger partial charge is 0.220 e. The standard InChI is InChI=1S/C24H30N2O/c1-3-4-5-8-15-25-24(27)16-21(19-13-11-18(2)12-14-19)22-17-26-23-10-7-6-9-20(22)23/h6-7,9-14,17,21,26H,3-5,8,15-16H2,1-2H3,(H,25,27). The van der Waals surface area contributed by atoms with Crippen LogP contribution in [0.5, 0.6) is 0 Å². The molecule has 0 saturated heterocycles. The molecule has 1 aromatic heterocycles. The summed E-state index contributed by atoms with van der Waals surface area (Å²) in [5.74, 6) is 0.180. The Labute approximate surface area is 162 Å².